The van der Waals surface area contributed by atoms with E-state index in [2.05, 4.69) is 24.5 Å². The van der Waals surface area contributed by atoms with Crippen molar-refractivity contribution >= 4 is 18.3 Å². The van der Waals surface area contributed by atoms with Gasteiger partial charge in [0.15, 0.2) is 0 Å². The number of imide groups is 1. The zero-order valence-corrected chi connectivity index (χ0v) is 15.9. The zero-order chi connectivity index (χ0) is 18.5. The maximum absolute atomic E-state index is 12.0. The highest BCUT2D eigenvalue weighted by molar-refractivity contribution is 5.85. The van der Waals surface area contributed by atoms with Crippen LogP contribution in [0.3, 0.4) is 0 Å². The van der Waals surface area contributed by atoms with Crippen LogP contribution >= 0.6 is 0 Å². The van der Waals surface area contributed by atoms with Gasteiger partial charge in [-0.05, 0) is 38.0 Å². The molecule has 6 nitrogen and oxygen atoms in total. The Bertz CT molecular complexity index is 386. The van der Waals surface area contributed by atoms with Gasteiger partial charge in [-0.15, -0.1) is 0 Å². The molecule has 140 valence electrons. The number of hydrogen-bond acceptors (Lipinski definition) is 3. The first kappa shape index (κ1) is 22.4. The van der Waals surface area contributed by atoms with Crippen LogP contribution in [-0.4, -0.2) is 42.4 Å². The molecule has 0 saturated carbocycles. The van der Waals surface area contributed by atoms with Gasteiger partial charge >= 0.3 is 6.03 Å². The number of hydrogen-bond donors (Lipinski definition) is 2. The van der Waals surface area contributed by atoms with Crippen LogP contribution in [0.15, 0.2) is 0 Å². The summed E-state index contributed by atoms with van der Waals surface area (Å²) in [5.74, 6) is 0.815. The van der Waals surface area contributed by atoms with Crippen LogP contribution in [0.2, 0.25) is 0 Å². The van der Waals surface area contributed by atoms with Crippen LogP contribution in [0.1, 0.15) is 66.7 Å². The molecule has 0 fully saturated rings. The summed E-state index contributed by atoms with van der Waals surface area (Å²) in [6, 6.07) is -0.464. The predicted octanol–water partition coefficient (Wildman–Crippen LogP) is 2.92. The fourth-order valence-electron chi connectivity index (χ4n) is 2.33. The van der Waals surface area contributed by atoms with Crippen LogP contribution in [0, 0.1) is 11.8 Å². The van der Waals surface area contributed by atoms with Crippen molar-refractivity contribution in [2.24, 2.45) is 11.8 Å². The van der Waals surface area contributed by atoms with Crippen LogP contribution in [-0.2, 0) is 9.59 Å². The molecular formula is C18H35N3O3. The predicted molar refractivity (Wildman–Crippen MR) is 96.5 cm³/mol. The molecule has 0 aliphatic rings. The van der Waals surface area contributed by atoms with Crippen LogP contribution in [0.5, 0.6) is 0 Å². The average Bonchev–Trinajstić information content (AvgIpc) is 2.51. The summed E-state index contributed by atoms with van der Waals surface area (Å²) < 4.78 is 0. The van der Waals surface area contributed by atoms with E-state index in [-0.39, 0.29) is 23.9 Å². The highest BCUT2D eigenvalue weighted by atomic mass is 16.2. The maximum atomic E-state index is 12.0. The lowest BCUT2D eigenvalue weighted by molar-refractivity contribution is -0.121. The van der Waals surface area contributed by atoms with E-state index in [1.54, 1.807) is 0 Å². The monoisotopic (exact) mass is 341 g/mol. The Morgan fingerprint density at radius 3 is 2.25 bits per heavy atom. The minimum atomic E-state index is -0.362. The third kappa shape index (κ3) is 10.2. The number of amides is 4. The average molecular weight is 341 g/mol. The molecule has 2 N–H and O–H groups in total. The third-order valence-corrected chi connectivity index (χ3v) is 4.04. The van der Waals surface area contributed by atoms with Gasteiger partial charge in [0.2, 0.25) is 12.3 Å². The second-order valence-corrected chi connectivity index (χ2v) is 7.01. The molecule has 6 heteroatoms. The Balaban J connectivity index is 4.02. The molecule has 24 heavy (non-hydrogen) atoms. The van der Waals surface area contributed by atoms with E-state index >= 15 is 0 Å². The third-order valence-electron chi connectivity index (χ3n) is 4.04. The van der Waals surface area contributed by atoms with E-state index in [0.717, 1.165) is 19.3 Å². The standard InChI is InChI=1S/C18H35N3O3/c1-6-7-16(5)21(13-22)18(24)20-12-15(4)8-9-17(23)19-11-10-14(2)3/h13-16H,6-12H2,1-5H3,(H,19,23)(H,20,24). The molecule has 0 aromatic rings. The first-order valence-electron chi connectivity index (χ1n) is 9.09. The molecule has 0 heterocycles. The summed E-state index contributed by atoms with van der Waals surface area (Å²) >= 11 is 0. The number of nitrogens with zero attached hydrogens (tertiary/aromatic N) is 1. The Kier molecular flexibility index (Phi) is 11.9. The molecule has 0 aliphatic heterocycles. The van der Waals surface area contributed by atoms with E-state index in [0.29, 0.717) is 38.3 Å². The Labute approximate surface area is 146 Å². The highest BCUT2D eigenvalue weighted by Crippen LogP contribution is 2.07. The fraction of sp³-hybridized carbons (Fsp3) is 0.833. The Morgan fingerprint density at radius 2 is 1.71 bits per heavy atom. The van der Waals surface area contributed by atoms with E-state index in [9.17, 15) is 14.4 Å². The normalized spacial score (nSPS) is 13.2. The minimum absolute atomic E-state index is 0.0555. The first-order chi connectivity index (χ1) is 11.3. The van der Waals surface area contributed by atoms with Crippen molar-refractivity contribution in [1.82, 2.24) is 15.5 Å². The van der Waals surface area contributed by atoms with Gasteiger partial charge in [0.25, 0.3) is 0 Å². The molecular weight excluding hydrogens is 306 g/mol. The molecule has 0 rings (SSSR count). The van der Waals surface area contributed by atoms with Crippen molar-refractivity contribution in [2.45, 2.75) is 72.8 Å². The second-order valence-electron chi connectivity index (χ2n) is 7.01. The van der Waals surface area contributed by atoms with Crippen molar-refractivity contribution in [3.63, 3.8) is 0 Å². The smallest absolute Gasteiger partial charge is 0.324 e. The molecule has 0 spiro atoms. The molecule has 2 atom stereocenters. The van der Waals surface area contributed by atoms with Gasteiger partial charge < -0.3 is 10.6 Å². The largest absolute Gasteiger partial charge is 0.356 e. The first-order valence-corrected chi connectivity index (χ1v) is 9.09. The molecule has 2 unspecified atom stereocenters. The molecule has 0 saturated heterocycles. The molecule has 0 aromatic carbocycles. The topological polar surface area (TPSA) is 78.5 Å². The number of carbonyl (C=O) groups is 3. The van der Waals surface area contributed by atoms with Gasteiger partial charge in [0.1, 0.15) is 0 Å². The van der Waals surface area contributed by atoms with Crippen molar-refractivity contribution in [3.8, 4) is 0 Å². The van der Waals surface area contributed by atoms with E-state index in [1.807, 2.05) is 20.8 Å². The molecule has 0 bridgehead atoms. The minimum Gasteiger partial charge on any atom is -0.356 e. The van der Waals surface area contributed by atoms with Gasteiger partial charge in [-0.2, -0.15) is 0 Å². The lowest BCUT2D eigenvalue weighted by Gasteiger charge is -2.24. The molecule has 0 aromatic heterocycles. The van der Waals surface area contributed by atoms with Crippen molar-refractivity contribution in [1.29, 1.82) is 0 Å². The van der Waals surface area contributed by atoms with Gasteiger partial charge in [-0.3, -0.25) is 14.5 Å². The Hall–Kier alpha value is -1.59. The maximum Gasteiger partial charge on any atom is 0.324 e. The molecule has 0 radical (unpaired) electrons. The van der Waals surface area contributed by atoms with Crippen molar-refractivity contribution < 1.29 is 14.4 Å². The summed E-state index contributed by atoms with van der Waals surface area (Å²) in [5.41, 5.74) is 0. The summed E-state index contributed by atoms with van der Waals surface area (Å²) in [5, 5.41) is 5.69. The SMILES string of the molecule is CCCC(C)N(C=O)C(=O)NCC(C)CCC(=O)NCCC(C)C. The number of carbonyl (C=O) groups excluding carboxylic acids is 3. The quantitative estimate of drug-likeness (QED) is 0.536. The summed E-state index contributed by atoms with van der Waals surface area (Å²) in [6.45, 7) is 11.3. The van der Waals surface area contributed by atoms with Gasteiger partial charge in [0.05, 0.1) is 0 Å². The van der Waals surface area contributed by atoms with Gasteiger partial charge in [0, 0.05) is 25.6 Å². The number of nitrogens with one attached hydrogen (secondary N) is 2. The summed E-state index contributed by atoms with van der Waals surface area (Å²) in [4.78, 5) is 36.1. The summed E-state index contributed by atoms with van der Waals surface area (Å²) in [7, 11) is 0. The lowest BCUT2D eigenvalue weighted by atomic mass is 10.1. The molecule has 4 amide bonds. The zero-order valence-electron chi connectivity index (χ0n) is 15.9. The Morgan fingerprint density at radius 1 is 1.04 bits per heavy atom. The van der Waals surface area contributed by atoms with Crippen LogP contribution in [0.4, 0.5) is 4.79 Å². The van der Waals surface area contributed by atoms with Gasteiger partial charge in [-0.25, -0.2) is 4.79 Å². The van der Waals surface area contributed by atoms with E-state index < -0.39 is 0 Å². The lowest BCUT2D eigenvalue weighted by Crippen LogP contribution is -2.45. The fourth-order valence-corrected chi connectivity index (χ4v) is 2.33. The molecule has 0 aliphatic carbocycles. The van der Waals surface area contributed by atoms with Crippen molar-refractivity contribution in [2.75, 3.05) is 13.1 Å². The van der Waals surface area contributed by atoms with Crippen LogP contribution < -0.4 is 10.6 Å². The second kappa shape index (κ2) is 12.8. The van der Waals surface area contributed by atoms with Gasteiger partial charge in [-0.1, -0.05) is 34.1 Å². The van der Waals surface area contributed by atoms with Crippen LogP contribution in [0.25, 0.3) is 0 Å². The van der Waals surface area contributed by atoms with E-state index in [4.69, 9.17) is 0 Å². The number of urea groups is 1. The summed E-state index contributed by atoms with van der Waals surface area (Å²) in [6.07, 6.45) is 4.44. The van der Waals surface area contributed by atoms with Crippen molar-refractivity contribution in [3.05, 3.63) is 0 Å². The number of rotatable bonds is 12. The highest BCUT2D eigenvalue weighted by Gasteiger charge is 2.19. The van der Waals surface area contributed by atoms with E-state index in [1.165, 1.54) is 4.90 Å².